The van der Waals surface area contributed by atoms with Gasteiger partial charge in [0.05, 0.1) is 12.1 Å². The number of aromatic nitrogens is 2. The molecule has 2 aromatic rings. The van der Waals surface area contributed by atoms with Gasteiger partial charge in [-0.05, 0) is 30.2 Å². The van der Waals surface area contributed by atoms with E-state index >= 15 is 0 Å². The molecule has 1 heterocycles. The van der Waals surface area contributed by atoms with E-state index in [9.17, 15) is 14.0 Å². The van der Waals surface area contributed by atoms with Crippen LogP contribution in [0, 0.1) is 11.7 Å². The molecule has 0 saturated carbocycles. The van der Waals surface area contributed by atoms with Gasteiger partial charge in [-0.25, -0.2) is 4.39 Å². The molecule has 0 bridgehead atoms. The molecule has 3 N–H and O–H groups in total. The molecule has 0 spiro atoms. The Hall–Kier alpha value is -2.42. The summed E-state index contributed by atoms with van der Waals surface area (Å²) in [7, 11) is 1.77. The van der Waals surface area contributed by atoms with Gasteiger partial charge < -0.3 is 15.8 Å². The number of ether oxygens (including phenoxy) is 1. The smallest absolute Gasteiger partial charge is 0.257 e. The summed E-state index contributed by atoms with van der Waals surface area (Å²) in [5.41, 5.74) is 6.22. The molecule has 25 heavy (non-hydrogen) atoms. The van der Waals surface area contributed by atoms with E-state index in [0.29, 0.717) is 10.9 Å². The van der Waals surface area contributed by atoms with Gasteiger partial charge in [0.1, 0.15) is 0 Å². The zero-order valence-electron chi connectivity index (χ0n) is 13.5. The molecule has 7 nitrogen and oxygen atoms in total. The van der Waals surface area contributed by atoms with E-state index < -0.39 is 23.5 Å². The van der Waals surface area contributed by atoms with Crippen LogP contribution >= 0.6 is 15.9 Å². The Morgan fingerprint density at radius 1 is 1.48 bits per heavy atom. The lowest BCUT2D eigenvalue weighted by Crippen LogP contribution is -2.39. The van der Waals surface area contributed by atoms with Crippen molar-refractivity contribution in [2.24, 2.45) is 18.7 Å². The van der Waals surface area contributed by atoms with Crippen molar-refractivity contribution in [3.05, 3.63) is 46.4 Å². The molecule has 134 valence electrons. The van der Waals surface area contributed by atoms with Crippen LogP contribution in [0.25, 0.3) is 0 Å². The lowest BCUT2D eigenvalue weighted by Gasteiger charge is -2.14. The van der Waals surface area contributed by atoms with Gasteiger partial charge in [-0.1, -0.05) is 15.9 Å². The highest BCUT2D eigenvalue weighted by Gasteiger charge is 2.18. The molecule has 9 heteroatoms. The van der Waals surface area contributed by atoms with Crippen LogP contribution in [0.5, 0.6) is 5.75 Å². The van der Waals surface area contributed by atoms with Crippen molar-refractivity contribution in [1.29, 1.82) is 0 Å². The highest BCUT2D eigenvalue weighted by atomic mass is 79.9. The van der Waals surface area contributed by atoms with Crippen molar-refractivity contribution < 1.29 is 18.7 Å². The molecule has 1 aromatic heterocycles. The Labute approximate surface area is 152 Å². The molecule has 1 aromatic carbocycles. The summed E-state index contributed by atoms with van der Waals surface area (Å²) in [6, 6.07) is 4.26. The Morgan fingerprint density at radius 3 is 2.84 bits per heavy atom. The van der Waals surface area contributed by atoms with Crippen molar-refractivity contribution in [2.75, 3.05) is 13.2 Å². The zero-order valence-corrected chi connectivity index (χ0v) is 15.1. The van der Waals surface area contributed by atoms with E-state index in [1.54, 1.807) is 30.2 Å². The third-order valence-corrected chi connectivity index (χ3v) is 3.93. The number of carbonyl (C=O) groups is 2. The van der Waals surface area contributed by atoms with Crippen LogP contribution in [0.3, 0.4) is 0 Å². The number of nitrogens with zero attached hydrogens (tertiary/aromatic N) is 2. The number of primary amides is 1. The number of nitrogens with one attached hydrogen (secondary N) is 1. The molecule has 2 amide bonds. The Kier molecular flexibility index (Phi) is 6.51. The number of rotatable bonds is 8. The number of carbonyl (C=O) groups excluding carboxylic acids is 2. The third-order valence-electron chi connectivity index (χ3n) is 3.44. The fourth-order valence-corrected chi connectivity index (χ4v) is 2.49. The fraction of sp³-hybridized carbons (Fsp3) is 0.312. The summed E-state index contributed by atoms with van der Waals surface area (Å²) in [5.74, 6) is -2.17. The molecule has 0 aliphatic heterocycles. The van der Waals surface area contributed by atoms with Gasteiger partial charge in [-0.2, -0.15) is 5.10 Å². The molecule has 0 aliphatic carbocycles. The maximum atomic E-state index is 13.6. The minimum Gasteiger partial charge on any atom is -0.481 e. The predicted octanol–water partition coefficient (Wildman–Crippen LogP) is 1.16. The third kappa shape index (κ3) is 5.86. The quantitative estimate of drug-likeness (QED) is 0.679. The number of hydrogen-bond donors (Lipinski definition) is 2. The molecular weight excluding hydrogens is 395 g/mol. The van der Waals surface area contributed by atoms with E-state index in [4.69, 9.17) is 10.5 Å². The van der Waals surface area contributed by atoms with Gasteiger partial charge in [0, 0.05) is 24.3 Å². The predicted molar refractivity (Wildman–Crippen MR) is 92.2 cm³/mol. The first kappa shape index (κ1) is 18.9. The van der Waals surface area contributed by atoms with Crippen LogP contribution in [0.1, 0.15) is 5.56 Å². The second-order valence-corrected chi connectivity index (χ2v) is 6.41. The van der Waals surface area contributed by atoms with Crippen LogP contribution in [-0.4, -0.2) is 34.7 Å². The number of halogens is 2. The van der Waals surface area contributed by atoms with Crippen LogP contribution in [0.2, 0.25) is 0 Å². The van der Waals surface area contributed by atoms with E-state index in [1.165, 1.54) is 12.1 Å². The summed E-state index contributed by atoms with van der Waals surface area (Å²) < 4.78 is 20.9. The van der Waals surface area contributed by atoms with Crippen molar-refractivity contribution in [1.82, 2.24) is 15.1 Å². The Bertz CT molecular complexity index is 766. The monoisotopic (exact) mass is 412 g/mol. The normalized spacial score (nSPS) is 11.8. The highest BCUT2D eigenvalue weighted by Crippen LogP contribution is 2.21. The summed E-state index contributed by atoms with van der Waals surface area (Å²) in [5, 5.41) is 6.59. The molecule has 1 atom stereocenters. The topological polar surface area (TPSA) is 99.2 Å². The summed E-state index contributed by atoms with van der Waals surface area (Å²) >= 11 is 3.13. The van der Waals surface area contributed by atoms with E-state index in [2.05, 4.69) is 26.3 Å². The molecule has 0 fully saturated rings. The summed E-state index contributed by atoms with van der Waals surface area (Å²) in [6.45, 7) is -0.299. The van der Waals surface area contributed by atoms with Crippen LogP contribution in [-0.2, 0) is 23.1 Å². The number of aryl methyl sites for hydroxylation is 1. The molecule has 0 radical (unpaired) electrons. The largest absolute Gasteiger partial charge is 0.481 e. The SMILES string of the molecule is Cn1cc(C[C@@H](CNC(=O)COc2ccc(Br)cc2F)C(N)=O)cn1. The highest BCUT2D eigenvalue weighted by molar-refractivity contribution is 9.10. The molecule has 0 saturated heterocycles. The van der Waals surface area contributed by atoms with Gasteiger partial charge in [0.25, 0.3) is 5.91 Å². The van der Waals surface area contributed by atoms with Gasteiger partial charge in [0.15, 0.2) is 18.2 Å². The first-order valence-corrected chi connectivity index (χ1v) is 8.26. The van der Waals surface area contributed by atoms with E-state index in [0.717, 1.165) is 5.56 Å². The van der Waals surface area contributed by atoms with Crippen LogP contribution in [0.15, 0.2) is 35.1 Å². The minimum atomic E-state index is -0.575. The van der Waals surface area contributed by atoms with Gasteiger partial charge in [-0.3, -0.25) is 14.3 Å². The van der Waals surface area contributed by atoms with Crippen molar-refractivity contribution in [3.63, 3.8) is 0 Å². The Morgan fingerprint density at radius 2 is 2.24 bits per heavy atom. The molecular formula is C16H18BrFN4O3. The molecule has 0 aliphatic rings. The first-order valence-electron chi connectivity index (χ1n) is 7.46. The van der Waals surface area contributed by atoms with E-state index in [1.807, 2.05) is 0 Å². The summed E-state index contributed by atoms with van der Waals surface area (Å²) in [4.78, 5) is 23.4. The van der Waals surface area contributed by atoms with Gasteiger partial charge in [-0.15, -0.1) is 0 Å². The average Bonchev–Trinajstić information content (AvgIpc) is 2.95. The number of amides is 2. The maximum Gasteiger partial charge on any atom is 0.257 e. The van der Waals surface area contributed by atoms with Crippen LogP contribution < -0.4 is 15.8 Å². The lowest BCUT2D eigenvalue weighted by molar-refractivity contribution is -0.124. The fourth-order valence-electron chi connectivity index (χ4n) is 2.16. The van der Waals surface area contributed by atoms with Gasteiger partial charge >= 0.3 is 0 Å². The molecule has 0 unspecified atom stereocenters. The lowest BCUT2D eigenvalue weighted by atomic mass is 10.0. The second kappa shape index (κ2) is 8.61. The maximum absolute atomic E-state index is 13.6. The van der Waals surface area contributed by atoms with E-state index in [-0.39, 0.29) is 18.9 Å². The summed E-state index contributed by atoms with van der Waals surface area (Å²) in [6.07, 6.45) is 3.78. The first-order chi connectivity index (χ1) is 11.8. The number of nitrogens with two attached hydrogens (primary N) is 1. The van der Waals surface area contributed by atoms with Gasteiger partial charge in [0.2, 0.25) is 5.91 Å². The van der Waals surface area contributed by atoms with Crippen molar-refractivity contribution in [2.45, 2.75) is 6.42 Å². The van der Waals surface area contributed by atoms with Crippen molar-refractivity contribution >= 4 is 27.7 Å². The average molecular weight is 413 g/mol. The zero-order chi connectivity index (χ0) is 18.4. The van der Waals surface area contributed by atoms with Crippen molar-refractivity contribution in [3.8, 4) is 5.75 Å². The second-order valence-electron chi connectivity index (χ2n) is 5.49. The number of benzene rings is 1. The Balaban J connectivity index is 1.83. The standard InChI is InChI=1S/C16H18BrFN4O3/c1-22-8-10(6-21-22)4-11(16(19)24)7-20-15(23)9-25-14-3-2-12(17)5-13(14)18/h2-3,5-6,8,11H,4,7,9H2,1H3,(H2,19,24)(H,20,23)/t11-/m0/s1. The number of hydrogen-bond acceptors (Lipinski definition) is 4. The van der Waals surface area contributed by atoms with Crippen LogP contribution in [0.4, 0.5) is 4.39 Å². The minimum absolute atomic E-state index is 0.0276. The molecule has 2 rings (SSSR count).